The lowest BCUT2D eigenvalue weighted by Crippen LogP contribution is -2.44. The van der Waals surface area contributed by atoms with Gasteiger partial charge in [0, 0.05) is 49.6 Å². The predicted octanol–water partition coefficient (Wildman–Crippen LogP) is 3.30. The molecule has 1 aliphatic heterocycles. The summed E-state index contributed by atoms with van der Waals surface area (Å²) in [6.45, 7) is 6.24. The molecule has 9 heteroatoms. The summed E-state index contributed by atoms with van der Waals surface area (Å²) in [5, 5.41) is 9.63. The molecule has 1 saturated heterocycles. The van der Waals surface area contributed by atoms with Gasteiger partial charge in [-0.25, -0.2) is 9.37 Å². The van der Waals surface area contributed by atoms with Gasteiger partial charge in [-0.3, -0.25) is 4.79 Å². The number of nitrogens with zero attached hydrogens (tertiary/aromatic N) is 4. The molecule has 2 bridgehead atoms. The Morgan fingerprint density at radius 2 is 1.89 bits per heavy atom. The van der Waals surface area contributed by atoms with Crippen LogP contribution in [0.1, 0.15) is 24.8 Å². The molecule has 8 nitrogen and oxygen atoms in total. The van der Waals surface area contributed by atoms with Gasteiger partial charge in [-0.05, 0) is 68.8 Å². The number of likely N-dealkylation sites (N-methyl/N-ethyl adjacent to an activating group) is 1. The van der Waals surface area contributed by atoms with Crippen LogP contribution in [-0.2, 0) is 4.79 Å². The first-order valence-electron chi connectivity index (χ1n) is 13.0. The molecule has 3 aliphatic carbocycles. The number of anilines is 4. The minimum absolute atomic E-state index is 0.0654. The number of carbonyl (C=O) groups is 1. The van der Waals surface area contributed by atoms with E-state index in [1.165, 1.54) is 17.4 Å². The van der Waals surface area contributed by atoms with Crippen molar-refractivity contribution >= 4 is 29.0 Å². The number of nitrogens with one attached hydrogen (secondary N) is 3. The number of aryl methyl sites for hydroxylation is 1. The summed E-state index contributed by atoms with van der Waals surface area (Å²) in [5.74, 6) is 0.176. The number of piperazine rings is 1. The van der Waals surface area contributed by atoms with Crippen LogP contribution in [-0.4, -0.2) is 66.1 Å². The number of rotatable bonds is 7. The van der Waals surface area contributed by atoms with E-state index in [1.807, 2.05) is 6.07 Å². The van der Waals surface area contributed by atoms with Gasteiger partial charge >= 0.3 is 0 Å². The standard InChI is InChI=1S/C27H34FN7O/c1-16-13-20(7-8-22(16)35-11-9-34(2)10-12-35)31-27-29-15-21(28)25(33-27)32-24-18-4-3-17(14-18)23(24)26(36)30-19-5-6-19/h3-4,7-8,13,15,17-19,23-24H,5-6,9-12,14H2,1-2H3,(H,30,36)(H2,29,31,32,33)/t17-,18-,23-,24+/m1/s1. The van der Waals surface area contributed by atoms with Crippen LogP contribution >= 0.6 is 0 Å². The quantitative estimate of drug-likeness (QED) is 0.513. The Balaban J connectivity index is 1.16. The lowest BCUT2D eigenvalue weighted by atomic mass is 9.88. The van der Waals surface area contributed by atoms with Crippen LogP contribution in [0, 0.1) is 30.5 Å². The van der Waals surface area contributed by atoms with Gasteiger partial charge < -0.3 is 25.8 Å². The Hall–Kier alpha value is -3.20. The maximum Gasteiger partial charge on any atom is 0.229 e. The van der Waals surface area contributed by atoms with Crippen LogP contribution < -0.4 is 20.9 Å². The Morgan fingerprint density at radius 1 is 1.11 bits per heavy atom. The normalized spacial score (nSPS) is 27.4. The molecule has 3 N–H and O–H groups in total. The minimum atomic E-state index is -0.518. The Morgan fingerprint density at radius 3 is 2.64 bits per heavy atom. The van der Waals surface area contributed by atoms with Crippen molar-refractivity contribution in [2.24, 2.45) is 17.8 Å². The number of carbonyl (C=O) groups excluding carboxylic acids is 1. The molecule has 1 aromatic heterocycles. The summed E-state index contributed by atoms with van der Waals surface area (Å²) in [4.78, 5) is 26.3. The molecule has 36 heavy (non-hydrogen) atoms. The highest BCUT2D eigenvalue weighted by Gasteiger charge is 2.49. The summed E-state index contributed by atoms with van der Waals surface area (Å²) in [7, 11) is 2.15. The highest BCUT2D eigenvalue weighted by atomic mass is 19.1. The van der Waals surface area contributed by atoms with Crippen LogP contribution in [0.5, 0.6) is 0 Å². The number of fused-ring (bicyclic) bond motifs is 2. The van der Waals surface area contributed by atoms with Crippen molar-refractivity contribution in [2.45, 2.75) is 38.3 Å². The van der Waals surface area contributed by atoms with Gasteiger partial charge in [0.2, 0.25) is 11.9 Å². The van der Waals surface area contributed by atoms with Crippen LogP contribution in [0.15, 0.2) is 36.5 Å². The van der Waals surface area contributed by atoms with Gasteiger partial charge in [-0.1, -0.05) is 12.2 Å². The van der Waals surface area contributed by atoms with Gasteiger partial charge in [-0.15, -0.1) is 0 Å². The first-order chi connectivity index (χ1) is 17.4. The summed E-state index contributed by atoms with van der Waals surface area (Å²) in [6, 6.07) is 6.34. The molecular formula is C27H34FN7O. The van der Waals surface area contributed by atoms with E-state index in [-0.39, 0.29) is 35.5 Å². The number of hydrogen-bond donors (Lipinski definition) is 3. The largest absolute Gasteiger partial charge is 0.369 e. The monoisotopic (exact) mass is 491 g/mol. The Bertz CT molecular complexity index is 1170. The van der Waals surface area contributed by atoms with E-state index < -0.39 is 5.82 Å². The van der Waals surface area contributed by atoms with Gasteiger partial charge in [0.25, 0.3) is 0 Å². The fourth-order valence-electron chi connectivity index (χ4n) is 5.85. The topological polar surface area (TPSA) is 85.4 Å². The third-order valence-electron chi connectivity index (χ3n) is 8.03. The van der Waals surface area contributed by atoms with Crippen molar-refractivity contribution in [1.82, 2.24) is 20.2 Å². The van der Waals surface area contributed by atoms with Gasteiger partial charge in [-0.2, -0.15) is 4.98 Å². The molecule has 4 atom stereocenters. The van der Waals surface area contributed by atoms with Crippen molar-refractivity contribution in [2.75, 3.05) is 48.8 Å². The molecule has 6 rings (SSSR count). The smallest absolute Gasteiger partial charge is 0.229 e. The predicted molar refractivity (Wildman–Crippen MR) is 139 cm³/mol. The van der Waals surface area contributed by atoms with E-state index in [0.29, 0.717) is 12.0 Å². The van der Waals surface area contributed by atoms with Crippen molar-refractivity contribution in [3.63, 3.8) is 0 Å². The lowest BCUT2D eigenvalue weighted by molar-refractivity contribution is -0.126. The number of amides is 1. The lowest BCUT2D eigenvalue weighted by Gasteiger charge is -2.35. The Kier molecular flexibility index (Phi) is 6.03. The van der Waals surface area contributed by atoms with Crippen molar-refractivity contribution < 1.29 is 9.18 Å². The summed E-state index contributed by atoms with van der Waals surface area (Å²) < 4.78 is 14.8. The van der Waals surface area contributed by atoms with Crippen LogP contribution in [0.4, 0.5) is 27.5 Å². The first kappa shape index (κ1) is 23.2. The molecule has 1 amide bonds. The molecule has 3 fully saturated rings. The molecule has 0 unspecified atom stereocenters. The molecule has 190 valence electrons. The van der Waals surface area contributed by atoms with E-state index in [9.17, 15) is 9.18 Å². The van der Waals surface area contributed by atoms with Gasteiger partial charge in [0.15, 0.2) is 11.6 Å². The number of halogens is 1. The first-order valence-corrected chi connectivity index (χ1v) is 13.0. The van der Waals surface area contributed by atoms with Gasteiger partial charge in [0.1, 0.15) is 0 Å². The number of benzene rings is 1. The second kappa shape index (κ2) is 9.35. The van der Waals surface area contributed by atoms with E-state index in [1.54, 1.807) is 0 Å². The summed E-state index contributed by atoms with van der Waals surface area (Å²) >= 11 is 0. The van der Waals surface area contributed by atoms with Gasteiger partial charge in [0.05, 0.1) is 12.1 Å². The summed E-state index contributed by atoms with van der Waals surface area (Å²) in [5.41, 5.74) is 3.26. The number of allylic oxidation sites excluding steroid dienone is 1. The maximum absolute atomic E-state index is 14.8. The van der Waals surface area contributed by atoms with Crippen molar-refractivity contribution in [3.8, 4) is 0 Å². The van der Waals surface area contributed by atoms with Crippen LogP contribution in [0.3, 0.4) is 0 Å². The fraction of sp³-hybridized carbons (Fsp3) is 0.519. The maximum atomic E-state index is 14.8. The van der Waals surface area contributed by atoms with E-state index in [4.69, 9.17) is 0 Å². The molecule has 2 aromatic rings. The van der Waals surface area contributed by atoms with E-state index >= 15 is 0 Å². The second-order valence-electron chi connectivity index (χ2n) is 10.7. The van der Waals surface area contributed by atoms with Crippen LogP contribution in [0.2, 0.25) is 0 Å². The van der Waals surface area contributed by atoms with Crippen LogP contribution in [0.25, 0.3) is 0 Å². The zero-order chi connectivity index (χ0) is 24.8. The van der Waals surface area contributed by atoms with E-state index in [2.05, 4.69) is 74.0 Å². The van der Waals surface area contributed by atoms with Crippen molar-refractivity contribution in [1.29, 1.82) is 0 Å². The fourth-order valence-corrected chi connectivity index (χ4v) is 5.85. The average molecular weight is 492 g/mol. The third kappa shape index (κ3) is 4.64. The average Bonchev–Trinajstić information content (AvgIpc) is 3.44. The molecule has 1 aromatic carbocycles. The molecule has 0 radical (unpaired) electrons. The molecule has 2 heterocycles. The van der Waals surface area contributed by atoms with Crippen molar-refractivity contribution in [3.05, 3.63) is 47.9 Å². The zero-order valence-corrected chi connectivity index (χ0v) is 20.9. The van der Waals surface area contributed by atoms with E-state index in [0.717, 1.165) is 51.1 Å². The molecule has 4 aliphatic rings. The highest BCUT2D eigenvalue weighted by Crippen LogP contribution is 2.45. The SMILES string of the molecule is Cc1cc(Nc2ncc(F)c(N[C@@H]3[C@H](C(=O)NC4CC4)[C@@H]4C=C[C@@H]3C4)n2)ccc1N1CCN(C)CC1. The minimum Gasteiger partial charge on any atom is -0.369 e. The second-order valence-corrected chi connectivity index (χ2v) is 10.7. The molecule has 0 spiro atoms. The Labute approximate surface area is 211 Å². The zero-order valence-electron chi connectivity index (χ0n) is 20.9. The highest BCUT2D eigenvalue weighted by molar-refractivity contribution is 5.82. The molecular weight excluding hydrogens is 457 g/mol. The number of hydrogen-bond acceptors (Lipinski definition) is 7. The molecule has 2 saturated carbocycles. The number of aromatic nitrogens is 2. The third-order valence-corrected chi connectivity index (χ3v) is 8.03. The summed E-state index contributed by atoms with van der Waals surface area (Å²) in [6.07, 6.45) is 8.48.